The van der Waals surface area contributed by atoms with E-state index >= 15 is 0 Å². The Morgan fingerprint density at radius 3 is 2.50 bits per heavy atom. The molecular weight excluding hydrogens is 448 g/mol. The van der Waals surface area contributed by atoms with Crippen LogP contribution in [-0.4, -0.2) is 23.1 Å². The van der Waals surface area contributed by atoms with Gasteiger partial charge in [0, 0.05) is 19.3 Å². The van der Waals surface area contributed by atoms with Crippen molar-refractivity contribution in [2.45, 2.75) is 131 Å². The zero-order valence-corrected chi connectivity index (χ0v) is 23.7. The fourth-order valence-electron chi connectivity index (χ4n) is 9.38. The Morgan fingerprint density at radius 2 is 1.78 bits per heavy atom. The predicted octanol–water partition coefficient (Wildman–Crippen LogP) is 8.19. The molecule has 0 heterocycles. The zero-order valence-electron chi connectivity index (χ0n) is 23.7. The quantitative estimate of drug-likeness (QED) is 0.242. The highest BCUT2D eigenvalue weighted by Gasteiger charge is 2.59. The molecule has 1 N–H and O–H groups in total. The highest BCUT2D eigenvalue weighted by molar-refractivity contribution is 5.71. The van der Waals surface area contributed by atoms with Gasteiger partial charge in [0.25, 0.3) is 0 Å². The number of carboxylic acid groups (broad SMARTS) is 1. The lowest BCUT2D eigenvalue weighted by Crippen LogP contribution is -2.51. The molecule has 36 heavy (non-hydrogen) atoms. The highest BCUT2D eigenvalue weighted by atomic mass is 16.5. The Bertz CT molecular complexity index is 830. The summed E-state index contributed by atoms with van der Waals surface area (Å²) in [5.74, 6) is 3.94. The van der Waals surface area contributed by atoms with Gasteiger partial charge in [-0.25, -0.2) is 0 Å². The number of carboxylic acids is 1. The first-order chi connectivity index (χ1) is 17.0. The van der Waals surface area contributed by atoms with Gasteiger partial charge in [-0.2, -0.15) is 0 Å². The van der Waals surface area contributed by atoms with Crippen LogP contribution in [-0.2, 0) is 14.3 Å². The van der Waals surface area contributed by atoms with Crippen molar-refractivity contribution >= 4 is 11.9 Å². The van der Waals surface area contributed by atoms with Crippen LogP contribution in [0.25, 0.3) is 0 Å². The molecule has 4 aliphatic rings. The molecular formula is C32H52O4. The number of esters is 1. The first-order valence-corrected chi connectivity index (χ1v) is 15.2. The van der Waals surface area contributed by atoms with Gasteiger partial charge in [-0.05, 0) is 97.7 Å². The van der Waals surface area contributed by atoms with Gasteiger partial charge in [-0.1, -0.05) is 65.5 Å². The molecule has 4 rings (SSSR count). The lowest BCUT2D eigenvalue weighted by molar-refractivity contribution is -0.151. The lowest BCUT2D eigenvalue weighted by atomic mass is 9.47. The van der Waals surface area contributed by atoms with E-state index in [0.717, 1.165) is 54.8 Å². The van der Waals surface area contributed by atoms with Crippen molar-refractivity contribution in [1.29, 1.82) is 0 Å². The van der Waals surface area contributed by atoms with Crippen molar-refractivity contribution in [2.24, 2.45) is 46.3 Å². The number of carbonyl (C=O) groups excluding carboxylic acids is 1. The summed E-state index contributed by atoms with van der Waals surface area (Å²) in [6.07, 6.45) is 17.0. The Morgan fingerprint density at radius 1 is 1.00 bits per heavy atom. The number of carbonyl (C=O) groups is 2. The topological polar surface area (TPSA) is 63.6 Å². The number of fused-ring (bicyclic) bond motifs is 5. The summed E-state index contributed by atoms with van der Waals surface area (Å²) in [6, 6.07) is 0. The molecule has 4 aliphatic carbocycles. The SMILES string of the molecule is CC(C)CCC[C@@H](C)[C@H]1CCC2C3CC=C4CC(OC(=O)CCCC(=O)O)CC[C@]4(C)C3CC[C@@]21C. The normalized spacial score (nSPS) is 38.5. The second kappa shape index (κ2) is 11.2. The Balaban J connectivity index is 1.38. The zero-order chi connectivity index (χ0) is 26.1. The van der Waals surface area contributed by atoms with Gasteiger partial charge in [0.05, 0.1) is 0 Å². The fraction of sp³-hybridized carbons (Fsp3) is 0.875. The summed E-state index contributed by atoms with van der Waals surface area (Å²) >= 11 is 0. The molecule has 0 aromatic carbocycles. The molecule has 0 spiro atoms. The third kappa shape index (κ3) is 5.58. The van der Waals surface area contributed by atoms with E-state index in [-0.39, 0.29) is 30.3 Å². The molecule has 8 atom stereocenters. The highest BCUT2D eigenvalue weighted by Crippen LogP contribution is 2.67. The van der Waals surface area contributed by atoms with Crippen LogP contribution in [0.15, 0.2) is 11.6 Å². The molecule has 204 valence electrons. The van der Waals surface area contributed by atoms with Crippen molar-refractivity contribution < 1.29 is 19.4 Å². The van der Waals surface area contributed by atoms with Gasteiger partial charge in [-0.15, -0.1) is 0 Å². The van der Waals surface area contributed by atoms with Crippen LogP contribution in [0, 0.1) is 46.3 Å². The third-order valence-electron chi connectivity index (χ3n) is 11.3. The molecule has 0 saturated heterocycles. The van der Waals surface area contributed by atoms with Gasteiger partial charge in [0.15, 0.2) is 0 Å². The van der Waals surface area contributed by atoms with E-state index in [4.69, 9.17) is 9.84 Å². The van der Waals surface area contributed by atoms with Gasteiger partial charge in [0.2, 0.25) is 0 Å². The van der Waals surface area contributed by atoms with Crippen LogP contribution in [0.1, 0.15) is 125 Å². The second-order valence-corrected chi connectivity index (χ2v) is 13.9. The summed E-state index contributed by atoms with van der Waals surface area (Å²) in [5.41, 5.74) is 2.32. The first kappa shape index (κ1) is 27.7. The molecule has 0 radical (unpaired) electrons. The molecule has 0 bridgehead atoms. The summed E-state index contributed by atoms with van der Waals surface area (Å²) in [5, 5.41) is 8.81. The molecule has 4 unspecified atom stereocenters. The Hall–Kier alpha value is -1.32. The number of ether oxygens (including phenoxy) is 1. The van der Waals surface area contributed by atoms with E-state index in [1.165, 1.54) is 51.4 Å². The van der Waals surface area contributed by atoms with Crippen molar-refractivity contribution in [3.05, 3.63) is 11.6 Å². The van der Waals surface area contributed by atoms with Gasteiger partial charge in [-0.3, -0.25) is 9.59 Å². The molecule has 4 heteroatoms. The van der Waals surface area contributed by atoms with Crippen LogP contribution in [0.5, 0.6) is 0 Å². The van der Waals surface area contributed by atoms with Gasteiger partial charge in [0.1, 0.15) is 6.10 Å². The lowest BCUT2D eigenvalue weighted by Gasteiger charge is -2.58. The predicted molar refractivity (Wildman–Crippen MR) is 144 cm³/mol. The minimum atomic E-state index is -0.851. The van der Waals surface area contributed by atoms with Crippen LogP contribution in [0.4, 0.5) is 0 Å². The second-order valence-electron chi connectivity index (χ2n) is 13.9. The fourth-order valence-corrected chi connectivity index (χ4v) is 9.38. The summed E-state index contributed by atoms with van der Waals surface area (Å²) < 4.78 is 5.80. The van der Waals surface area contributed by atoms with E-state index in [9.17, 15) is 9.59 Å². The molecule has 0 aliphatic heterocycles. The van der Waals surface area contributed by atoms with Crippen LogP contribution in [0.3, 0.4) is 0 Å². The van der Waals surface area contributed by atoms with Gasteiger partial charge >= 0.3 is 11.9 Å². The van der Waals surface area contributed by atoms with E-state index in [1.807, 2.05) is 0 Å². The molecule has 0 amide bonds. The Kier molecular flexibility index (Phi) is 8.62. The van der Waals surface area contributed by atoms with Crippen LogP contribution < -0.4 is 0 Å². The maximum Gasteiger partial charge on any atom is 0.306 e. The molecule has 0 aromatic rings. The smallest absolute Gasteiger partial charge is 0.306 e. The van der Waals surface area contributed by atoms with Crippen LogP contribution >= 0.6 is 0 Å². The van der Waals surface area contributed by atoms with Crippen molar-refractivity contribution in [3.8, 4) is 0 Å². The molecule has 3 fully saturated rings. The van der Waals surface area contributed by atoms with Crippen molar-refractivity contribution in [3.63, 3.8) is 0 Å². The maximum absolute atomic E-state index is 12.3. The minimum Gasteiger partial charge on any atom is -0.481 e. The average Bonchev–Trinajstić information content (AvgIpc) is 3.16. The average molecular weight is 501 g/mol. The summed E-state index contributed by atoms with van der Waals surface area (Å²) in [6.45, 7) is 12.4. The Labute approximate surface area is 220 Å². The van der Waals surface area contributed by atoms with Gasteiger partial charge < -0.3 is 9.84 Å². The minimum absolute atomic E-state index is 0.0315. The van der Waals surface area contributed by atoms with Crippen molar-refractivity contribution in [1.82, 2.24) is 0 Å². The number of hydrogen-bond acceptors (Lipinski definition) is 3. The third-order valence-corrected chi connectivity index (χ3v) is 11.3. The first-order valence-electron chi connectivity index (χ1n) is 15.2. The molecule has 3 saturated carbocycles. The van der Waals surface area contributed by atoms with E-state index < -0.39 is 5.97 Å². The van der Waals surface area contributed by atoms with E-state index in [0.29, 0.717) is 11.8 Å². The maximum atomic E-state index is 12.3. The summed E-state index contributed by atoms with van der Waals surface area (Å²) in [7, 11) is 0. The number of rotatable bonds is 10. The molecule has 4 nitrogen and oxygen atoms in total. The molecule has 0 aromatic heterocycles. The largest absolute Gasteiger partial charge is 0.481 e. The van der Waals surface area contributed by atoms with Crippen molar-refractivity contribution in [2.75, 3.05) is 0 Å². The monoisotopic (exact) mass is 500 g/mol. The summed E-state index contributed by atoms with van der Waals surface area (Å²) in [4.78, 5) is 23.0. The number of aliphatic carboxylic acids is 1. The standard InChI is InChI=1S/C32H52O4/c1-21(2)8-6-9-22(3)26-14-15-27-25-13-12-23-20-24(36-30(35)11-7-10-29(33)34)16-18-31(23,4)28(25)17-19-32(26,27)5/h12,21-22,24-28H,6-11,13-20H2,1-5H3,(H,33,34)/t22-,24?,25?,26-,27?,28?,31+,32-/m1/s1. The number of allylic oxidation sites excluding steroid dienone is 1. The number of hydrogen-bond donors (Lipinski definition) is 1. The van der Waals surface area contributed by atoms with E-state index in [2.05, 4.69) is 40.7 Å². The van der Waals surface area contributed by atoms with E-state index in [1.54, 1.807) is 5.57 Å². The van der Waals surface area contributed by atoms with Crippen LogP contribution in [0.2, 0.25) is 0 Å².